The molecule has 0 spiro atoms. The zero-order valence-electron chi connectivity index (χ0n) is 20.9. The molecule has 3 amide bonds. The number of hydrogen-bond donors (Lipinski definition) is 2. The van der Waals surface area contributed by atoms with Gasteiger partial charge in [0.1, 0.15) is 17.8 Å². The van der Waals surface area contributed by atoms with E-state index in [-0.39, 0.29) is 5.41 Å². The van der Waals surface area contributed by atoms with Crippen molar-refractivity contribution in [1.29, 1.82) is 0 Å². The number of anilines is 2. The molecule has 1 aliphatic heterocycles. The molecule has 1 saturated heterocycles. The molecular formula is C26H28N6O5. The number of benzene rings is 2. The van der Waals surface area contributed by atoms with E-state index in [1.807, 2.05) is 43.5 Å². The smallest absolute Gasteiger partial charge is 0.410 e. The Morgan fingerprint density at radius 2 is 1.76 bits per heavy atom. The highest BCUT2D eigenvalue weighted by Crippen LogP contribution is 2.26. The van der Waals surface area contributed by atoms with Gasteiger partial charge in [0.25, 0.3) is 0 Å². The van der Waals surface area contributed by atoms with E-state index in [1.165, 1.54) is 0 Å². The van der Waals surface area contributed by atoms with Crippen LogP contribution in [0.2, 0.25) is 0 Å². The van der Waals surface area contributed by atoms with E-state index in [9.17, 15) is 9.59 Å². The lowest BCUT2D eigenvalue weighted by Crippen LogP contribution is -2.42. The number of nitrogens with one attached hydrogen (secondary N) is 2. The Kier molecular flexibility index (Phi) is 6.53. The van der Waals surface area contributed by atoms with Crippen molar-refractivity contribution in [3.63, 3.8) is 0 Å². The molecule has 4 aromatic rings. The van der Waals surface area contributed by atoms with Crippen molar-refractivity contribution in [2.75, 3.05) is 36.9 Å². The van der Waals surface area contributed by atoms with Crippen LogP contribution in [0.25, 0.3) is 16.7 Å². The van der Waals surface area contributed by atoms with Gasteiger partial charge in [-0.05, 0) is 36.4 Å². The molecule has 0 bridgehead atoms. The molecular weight excluding hydrogens is 476 g/mol. The maximum Gasteiger partial charge on any atom is 0.415 e. The number of aromatic nitrogens is 3. The van der Waals surface area contributed by atoms with Crippen LogP contribution in [0.3, 0.4) is 0 Å². The highest BCUT2D eigenvalue weighted by Gasteiger charge is 2.21. The van der Waals surface area contributed by atoms with E-state index in [4.69, 9.17) is 14.0 Å². The van der Waals surface area contributed by atoms with Crippen molar-refractivity contribution in [2.45, 2.75) is 26.2 Å². The summed E-state index contributed by atoms with van der Waals surface area (Å²) in [5.41, 5.74) is 2.81. The van der Waals surface area contributed by atoms with Gasteiger partial charge < -0.3 is 24.2 Å². The maximum absolute atomic E-state index is 12.4. The van der Waals surface area contributed by atoms with Gasteiger partial charge in [0.2, 0.25) is 0 Å². The standard InChI is InChI=1S/C26H28N6O5/c1-26(2,3)22-15-23(30-37-22)29-24(33)28-17-4-6-18(7-5-17)32-16-27-20-14-19(8-9-21(20)32)36-25(34)31-10-12-35-13-11-31/h4-9,14-16H,10-13H2,1-3H3,(H2,28,29,30,33). The second kappa shape index (κ2) is 9.94. The van der Waals surface area contributed by atoms with Crippen LogP contribution in [0.1, 0.15) is 26.5 Å². The first-order valence-electron chi connectivity index (χ1n) is 11.9. The third-order valence-electron chi connectivity index (χ3n) is 5.89. The summed E-state index contributed by atoms with van der Waals surface area (Å²) in [6.45, 7) is 8.06. The Morgan fingerprint density at radius 1 is 1.00 bits per heavy atom. The lowest BCUT2D eigenvalue weighted by Gasteiger charge is -2.25. The van der Waals surface area contributed by atoms with Crippen molar-refractivity contribution in [3.05, 3.63) is 60.6 Å². The molecule has 3 heterocycles. The number of fused-ring (bicyclic) bond motifs is 1. The maximum atomic E-state index is 12.4. The number of urea groups is 1. The molecule has 2 N–H and O–H groups in total. The monoisotopic (exact) mass is 504 g/mol. The fraction of sp³-hybridized carbons (Fsp3) is 0.308. The van der Waals surface area contributed by atoms with E-state index in [1.54, 1.807) is 41.6 Å². The number of ether oxygens (including phenoxy) is 2. The Labute approximate surface area is 213 Å². The number of morpholine rings is 1. The second-order valence-electron chi connectivity index (χ2n) is 9.68. The van der Waals surface area contributed by atoms with Gasteiger partial charge in [-0.3, -0.25) is 9.88 Å². The zero-order chi connectivity index (χ0) is 26.0. The molecule has 192 valence electrons. The number of hydrogen-bond acceptors (Lipinski definition) is 7. The molecule has 11 nitrogen and oxygen atoms in total. The van der Waals surface area contributed by atoms with E-state index in [0.29, 0.717) is 54.8 Å². The van der Waals surface area contributed by atoms with Crippen LogP contribution in [0.5, 0.6) is 5.75 Å². The summed E-state index contributed by atoms with van der Waals surface area (Å²) in [5.74, 6) is 1.46. The highest BCUT2D eigenvalue weighted by molar-refractivity contribution is 5.99. The number of carbonyl (C=O) groups is 2. The van der Waals surface area contributed by atoms with Gasteiger partial charge in [-0.1, -0.05) is 25.9 Å². The molecule has 0 atom stereocenters. The molecule has 0 radical (unpaired) electrons. The summed E-state index contributed by atoms with van der Waals surface area (Å²) in [6.07, 6.45) is 1.30. The van der Waals surface area contributed by atoms with Gasteiger partial charge in [0, 0.05) is 42.0 Å². The van der Waals surface area contributed by atoms with Gasteiger partial charge in [0.15, 0.2) is 5.82 Å². The van der Waals surface area contributed by atoms with Crippen molar-refractivity contribution in [1.82, 2.24) is 19.6 Å². The molecule has 1 fully saturated rings. The molecule has 0 aliphatic carbocycles. The largest absolute Gasteiger partial charge is 0.415 e. The minimum absolute atomic E-state index is 0.203. The molecule has 5 rings (SSSR count). The predicted molar refractivity (Wildman–Crippen MR) is 137 cm³/mol. The highest BCUT2D eigenvalue weighted by atomic mass is 16.6. The third-order valence-corrected chi connectivity index (χ3v) is 5.89. The van der Waals surface area contributed by atoms with Crippen LogP contribution < -0.4 is 15.4 Å². The number of imidazole rings is 1. The SMILES string of the molecule is CC(C)(C)c1cc(NC(=O)Nc2ccc(-n3cnc4cc(OC(=O)N5CCOCC5)ccc43)cc2)no1. The van der Waals surface area contributed by atoms with Crippen LogP contribution in [-0.2, 0) is 10.2 Å². The fourth-order valence-corrected chi connectivity index (χ4v) is 3.84. The summed E-state index contributed by atoms with van der Waals surface area (Å²) < 4.78 is 18.0. The van der Waals surface area contributed by atoms with Gasteiger partial charge in [-0.2, -0.15) is 0 Å². The van der Waals surface area contributed by atoms with E-state index in [2.05, 4.69) is 20.8 Å². The van der Waals surface area contributed by atoms with Crippen LogP contribution in [0.15, 0.2) is 59.4 Å². The average Bonchev–Trinajstić information content (AvgIpc) is 3.52. The first-order valence-corrected chi connectivity index (χ1v) is 11.9. The number of carbonyl (C=O) groups excluding carboxylic acids is 2. The third kappa shape index (κ3) is 5.56. The summed E-state index contributed by atoms with van der Waals surface area (Å²) in [6, 6.07) is 14.0. The normalized spacial score (nSPS) is 14.0. The molecule has 2 aromatic heterocycles. The quantitative estimate of drug-likeness (QED) is 0.410. The van der Waals surface area contributed by atoms with Gasteiger partial charge in [-0.25, -0.2) is 14.6 Å². The minimum Gasteiger partial charge on any atom is -0.410 e. The minimum atomic E-state index is -0.422. The summed E-state index contributed by atoms with van der Waals surface area (Å²) >= 11 is 0. The van der Waals surface area contributed by atoms with Crippen LogP contribution >= 0.6 is 0 Å². The molecule has 0 unspecified atom stereocenters. The summed E-state index contributed by atoms with van der Waals surface area (Å²) in [7, 11) is 0. The number of amides is 3. The Morgan fingerprint density at radius 3 is 2.46 bits per heavy atom. The van der Waals surface area contributed by atoms with Gasteiger partial charge >= 0.3 is 12.1 Å². The Bertz CT molecular complexity index is 1410. The Balaban J connectivity index is 1.23. The lowest BCUT2D eigenvalue weighted by atomic mass is 9.93. The molecule has 0 saturated carbocycles. The van der Waals surface area contributed by atoms with Crippen LogP contribution in [0, 0.1) is 0 Å². The number of nitrogens with zero attached hydrogens (tertiary/aromatic N) is 4. The Hall–Kier alpha value is -4.38. The lowest BCUT2D eigenvalue weighted by molar-refractivity contribution is 0.0416. The predicted octanol–water partition coefficient (Wildman–Crippen LogP) is 4.79. The molecule has 11 heteroatoms. The van der Waals surface area contributed by atoms with Crippen molar-refractivity contribution < 1.29 is 23.6 Å². The summed E-state index contributed by atoms with van der Waals surface area (Å²) in [4.78, 5) is 30.8. The average molecular weight is 505 g/mol. The topological polar surface area (TPSA) is 124 Å². The van der Waals surface area contributed by atoms with E-state index < -0.39 is 12.1 Å². The molecule has 1 aliphatic rings. The fourth-order valence-electron chi connectivity index (χ4n) is 3.84. The first-order chi connectivity index (χ1) is 17.8. The van der Waals surface area contributed by atoms with Crippen molar-refractivity contribution >= 4 is 34.7 Å². The van der Waals surface area contributed by atoms with Crippen LogP contribution in [-0.4, -0.2) is 58.0 Å². The second-order valence-corrected chi connectivity index (χ2v) is 9.68. The van der Waals surface area contributed by atoms with Crippen molar-refractivity contribution in [3.8, 4) is 11.4 Å². The van der Waals surface area contributed by atoms with E-state index >= 15 is 0 Å². The first kappa shape index (κ1) is 24.3. The molecule has 2 aromatic carbocycles. The van der Waals surface area contributed by atoms with Crippen LogP contribution in [0.4, 0.5) is 21.1 Å². The zero-order valence-corrected chi connectivity index (χ0v) is 20.9. The summed E-state index contributed by atoms with van der Waals surface area (Å²) in [5, 5.41) is 9.35. The number of rotatable bonds is 4. The van der Waals surface area contributed by atoms with Gasteiger partial charge in [-0.15, -0.1) is 0 Å². The van der Waals surface area contributed by atoms with Crippen molar-refractivity contribution in [2.24, 2.45) is 0 Å². The van der Waals surface area contributed by atoms with E-state index in [0.717, 1.165) is 11.2 Å². The molecule has 37 heavy (non-hydrogen) atoms. The van der Waals surface area contributed by atoms with Gasteiger partial charge in [0.05, 0.1) is 24.2 Å².